The van der Waals surface area contributed by atoms with Crippen LogP contribution in [0.5, 0.6) is 23.1 Å². The molecule has 0 bridgehead atoms. The lowest BCUT2D eigenvalue weighted by Crippen LogP contribution is -2.21. The van der Waals surface area contributed by atoms with Crippen molar-refractivity contribution in [2.24, 2.45) is 0 Å². The van der Waals surface area contributed by atoms with E-state index in [-0.39, 0.29) is 0 Å². The van der Waals surface area contributed by atoms with Crippen LogP contribution in [0.25, 0.3) is 21.9 Å². The molecule has 1 aliphatic heterocycles. The van der Waals surface area contributed by atoms with E-state index in [9.17, 15) is 0 Å². The van der Waals surface area contributed by atoms with Crippen molar-refractivity contribution >= 4 is 27.6 Å². The molecule has 0 atom stereocenters. The zero-order chi connectivity index (χ0) is 22.2. The van der Waals surface area contributed by atoms with Crippen LogP contribution < -0.4 is 14.4 Å². The molecule has 5 aromatic rings. The number of ether oxygens (including phenoxy) is 2. The molecule has 1 aliphatic rings. The molecule has 0 N–H and O–H groups in total. The zero-order valence-corrected chi connectivity index (χ0v) is 18.0. The van der Waals surface area contributed by atoms with Crippen molar-refractivity contribution in [1.82, 2.24) is 9.88 Å². The molecule has 33 heavy (non-hydrogen) atoms. The normalized spacial score (nSPS) is 13.2. The Balaban J connectivity index is 1.40. The third-order valence-corrected chi connectivity index (χ3v) is 5.53. The fourth-order valence-corrected chi connectivity index (χ4v) is 4.01. The number of anilines is 1. The van der Waals surface area contributed by atoms with Gasteiger partial charge in [-0.25, -0.2) is 4.98 Å². The summed E-state index contributed by atoms with van der Waals surface area (Å²) in [6.45, 7) is 0.802. The Bertz CT molecular complexity index is 1480. The number of aromatic nitrogens is 1. The van der Waals surface area contributed by atoms with E-state index in [0.717, 1.165) is 34.5 Å². The molecule has 0 unspecified atom stereocenters. The average molecular weight is 435 g/mol. The van der Waals surface area contributed by atoms with Gasteiger partial charge in [-0.1, -0.05) is 30.3 Å². The van der Waals surface area contributed by atoms with Gasteiger partial charge in [0.15, 0.2) is 0 Å². The monoisotopic (exact) mass is 435 g/mol. The van der Waals surface area contributed by atoms with Gasteiger partial charge in [0.05, 0.1) is 12.1 Å². The predicted octanol–water partition coefficient (Wildman–Crippen LogP) is 6.75. The molecular formula is C27H21N3O3. The van der Waals surface area contributed by atoms with E-state index in [0.29, 0.717) is 23.0 Å². The highest BCUT2D eigenvalue weighted by Gasteiger charge is 2.17. The molecule has 3 heterocycles. The van der Waals surface area contributed by atoms with Crippen molar-refractivity contribution in [3.8, 4) is 23.1 Å². The maximum Gasteiger partial charge on any atom is 0.219 e. The maximum atomic E-state index is 6.26. The first-order chi connectivity index (χ1) is 16.2. The summed E-state index contributed by atoms with van der Waals surface area (Å²) in [5.41, 5.74) is 2.55. The van der Waals surface area contributed by atoms with Crippen LogP contribution in [0.15, 0.2) is 102 Å². The highest BCUT2D eigenvalue weighted by Crippen LogP contribution is 2.41. The topological polar surface area (TPSA) is 51.0 Å². The minimum atomic E-state index is 0.508. The Labute approximate surface area is 190 Å². The number of rotatable bonds is 5. The number of fused-ring (bicyclic) bond motifs is 3. The fraction of sp³-hybridized carbons (Fsp3) is 0.0741. The first-order valence-electron chi connectivity index (χ1n) is 10.7. The Morgan fingerprint density at radius 1 is 0.818 bits per heavy atom. The van der Waals surface area contributed by atoms with E-state index >= 15 is 0 Å². The second-order valence-electron chi connectivity index (χ2n) is 7.93. The van der Waals surface area contributed by atoms with Crippen LogP contribution in [0.3, 0.4) is 0 Å². The Hall–Kier alpha value is -4.45. The lowest BCUT2D eigenvalue weighted by Gasteiger charge is -2.19. The zero-order valence-electron chi connectivity index (χ0n) is 18.0. The number of para-hydroxylation sites is 1. The first kappa shape index (κ1) is 19.3. The quantitative estimate of drug-likeness (QED) is 0.304. The fourth-order valence-electron chi connectivity index (χ4n) is 4.01. The number of hydrogen-bond acceptors (Lipinski definition) is 6. The van der Waals surface area contributed by atoms with Crippen molar-refractivity contribution in [3.05, 3.63) is 97.5 Å². The van der Waals surface area contributed by atoms with E-state index in [1.807, 2.05) is 86.0 Å². The number of nitrogens with zero attached hydrogens (tertiary/aromatic N) is 3. The molecule has 6 nitrogen and oxygen atoms in total. The molecule has 162 valence electrons. The van der Waals surface area contributed by atoms with E-state index in [1.165, 1.54) is 0 Å². The molecule has 0 saturated heterocycles. The number of benzene rings is 3. The maximum absolute atomic E-state index is 6.26. The van der Waals surface area contributed by atoms with Crippen LogP contribution in [0.2, 0.25) is 0 Å². The van der Waals surface area contributed by atoms with Crippen LogP contribution in [0.4, 0.5) is 5.69 Å². The molecule has 0 radical (unpaired) electrons. The second kappa shape index (κ2) is 7.91. The summed E-state index contributed by atoms with van der Waals surface area (Å²) < 4.78 is 18.6. The van der Waals surface area contributed by atoms with Gasteiger partial charge >= 0.3 is 0 Å². The van der Waals surface area contributed by atoms with Crippen molar-refractivity contribution in [3.63, 3.8) is 0 Å². The summed E-state index contributed by atoms with van der Waals surface area (Å²) in [6, 6.07) is 25.3. The number of furan rings is 1. The van der Waals surface area contributed by atoms with E-state index < -0.39 is 0 Å². The van der Waals surface area contributed by atoms with Gasteiger partial charge in [-0.15, -0.1) is 0 Å². The van der Waals surface area contributed by atoms with E-state index in [4.69, 9.17) is 13.9 Å². The summed E-state index contributed by atoms with van der Waals surface area (Å²) >= 11 is 0. The molecule has 6 rings (SSSR count). The Morgan fingerprint density at radius 3 is 2.58 bits per heavy atom. The van der Waals surface area contributed by atoms with Crippen LogP contribution in [-0.2, 0) is 0 Å². The average Bonchev–Trinajstić information content (AvgIpc) is 3.43. The summed E-state index contributed by atoms with van der Waals surface area (Å²) in [4.78, 5) is 8.58. The number of hydrogen-bond donors (Lipinski definition) is 0. The number of pyridine rings is 1. The third kappa shape index (κ3) is 3.72. The molecule has 3 aromatic carbocycles. The molecule has 6 heteroatoms. The molecule has 0 saturated carbocycles. The predicted molar refractivity (Wildman–Crippen MR) is 129 cm³/mol. The van der Waals surface area contributed by atoms with Gasteiger partial charge < -0.3 is 23.7 Å². The van der Waals surface area contributed by atoms with Crippen LogP contribution >= 0.6 is 0 Å². The van der Waals surface area contributed by atoms with E-state index in [2.05, 4.69) is 27.1 Å². The SMILES string of the molecule is CN1C=CN(c2cccc(Oc3cc(Oc4ccccn4)c4c(c3)oc3ccccc34)c2)C1. The molecule has 0 spiro atoms. The van der Waals surface area contributed by atoms with Crippen molar-refractivity contribution < 1.29 is 13.9 Å². The van der Waals surface area contributed by atoms with Gasteiger partial charge in [0.1, 0.15) is 28.4 Å². The molecular weight excluding hydrogens is 414 g/mol. The van der Waals surface area contributed by atoms with Gasteiger partial charge in [-0.05, 0) is 24.3 Å². The van der Waals surface area contributed by atoms with Crippen LogP contribution in [0.1, 0.15) is 0 Å². The molecule has 0 fully saturated rings. The van der Waals surface area contributed by atoms with Crippen LogP contribution in [0, 0.1) is 0 Å². The van der Waals surface area contributed by atoms with Crippen molar-refractivity contribution in [2.45, 2.75) is 0 Å². The standard InChI is InChI=1S/C27H21N3O3/c1-29-13-14-30(18-29)19-7-6-8-20(15-19)31-21-16-24-27(22-9-2-3-10-23(22)32-24)25(17-21)33-26-11-4-5-12-28-26/h2-17H,18H2,1H3. The summed E-state index contributed by atoms with van der Waals surface area (Å²) in [5.74, 6) is 2.49. The third-order valence-electron chi connectivity index (χ3n) is 5.53. The van der Waals surface area contributed by atoms with Crippen molar-refractivity contribution in [1.29, 1.82) is 0 Å². The Morgan fingerprint density at radius 2 is 1.73 bits per heavy atom. The minimum absolute atomic E-state index is 0.508. The molecule has 0 amide bonds. The van der Waals surface area contributed by atoms with Crippen molar-refractivity contribution in [2.75, 3.05) is 18.6 Å². The highest BCUT2D eigenvalue weighted by molar-refractivity contribution is 6.08. The lowest BCUT2D eigenvalue weighted by molar-refractivity contribution is 0.453. The summed E-state index contributed by atoms with van der Waals surface area (Å²) in [7, 11) is 2.04. The van der Waals surface area contributed by atoms with Crippen LogP contribution in [-0.4, -0.2) is 23.6 Å². The second-order valence-corrected chi connectivity index (χ2v) is 7.93. The van der Waals surface area contributed by atoms with Gasteiger partial charge in [0.25, 0.3) is 0 Å². The Kier molecular flexibility index (Phi) is 4.61. The lowest BCUT2D eigenvalue weighted by atomic mass is 10.1. The summed E-state index contributed by atoms with van der Waals surface area (Å²) in [6.07, 6.45) is 5.80. The van der Waals surface area contributed by atoms with E-state index in [1.54, 1.807) is 6.20 Å². The van der Waals surface area contributed by atoms with Gasteiger partial charge in [0, 0.05) is 61.0 Å². The van der Waals surface area contributed by atoms with Gasteiger partial charge in [-0.3, -0.25) is 0 Å². The summed E-state index contributed by atoms with van der Waals surface area (Å²) in [5, 5.41) is 1.87. The smallest absolute Gasteiger partial charge is 0.219 e. The molecule has 2 aromatic heterocycles. The molecule has 0 aliphatic carbocycles. The minimum Gasteiger partial charge on any atom is -0.457 e. The van der Waals surface area contributed by atoms with Gasteiger partial charge in [0.2, 0.25) is 5.88 Å². The largest absolute Gasteiger partial charge is 0.457 e. The first-order valence-corrected chi connectivity index (χ1v) is 10.7. The van der Waals surface area contributed by atoms with Gasteiger partial charge in [-0.2, -0.15) is 0 Å². The highest BCUT2D eigenvalue weighted by atomic mass is 16.5.